The van der Waals surface area contributed by atoms with Crippen LogP contribution in [-0.2, 0) is 0 Å². The van der Waals surface area contributed by atoms with E-state index < -0.39 is 5.60 Å². The van der Waals surface area contributed by atoms with Gasteiger partial charge in [-0.1, -0.05) is 39.3 Å². The first kappa shape index (κ1) is 15.7. The van der Waals surface area contributed by atoms with Crippen molar-refractivity contribution in [2.75, 3.05) is 6.54 Å². The molecule has 0 aliphatic rings. The molecule has 5 nitrogen and oxygen atoms in total. The van der Waals surface area contributed by atoms with Crippen molar-refractivity contribution in [3.8, 4) is 0 Å². The highest BCUT2D eigenvalue weighted by molar-refractivity contribution is 5.92. The molecule has 0 bridgehead atoms. The third-order valence-corrected chi connectivity index (χ3v) is 3.61. The zero-order chi connectivity index (χ0) is 14.6. The van der Waals surface area contributed by atoms with E-state index in [0.29, 0.717) is 5.76 Å². The molecule has 0 spiro atoms. The molecule has 0 aromatic carbocycles. The SMILES string of the molecule is CCC(C)C(C)(O)CNC(=O)c1cc(C(C)C)on1. The van der Waals surface area contributed by atoms with Gasteiger partial charge in [0, 0.05) is 18.5 Å². The van der Waals surface area contributed by atoms with Crippen LogP contribution < -0.4 is 5.32 Å². The van der Waals surface area contributed by atoms with Gasteiger partial charge in [-0.05, 0) is 12.8 Å². The van der Waals surface area contributed by atoms with E-state index in [1.807, 2.05) is 27.7 Å². The molecule has 5 heteroatoms. The smallest absolute Gasteiger partial charge is 0.273 e. The summed E-state index contributed by atoms with van der Waals surface area (Å²) >= 11 is 0. The van der Waals surface area contributed by atoms with Gasteiger partial charge in [-0.25, -0.2) is 0 Å². The summed E-state index contributed by atoms with van der Waals surface area (Å²) < 4.78 is 5.07. The lowest BCUT2D eigenvalue weighted by Crippen LogP contribution is -2.45. The van der Waals surface area contributed by atoms with Gasteiger partial charge in [0.2, 0.25) is 0 Å². The summed E-state index contributed by atoms with van der Waals surface area (Å²) in [7, 11) is 0. The largest absolute Gasteiger partial charge is 0.388 e. The summed E-state index contributed by atoms with van der Waals surface area (Å²) in [5.41, 5.74) is -0.668. The van der Waals surface area contributed by atoms with Crippen molar-refractivity contribution in [1.82, 2.24) is 10.5 Å². The second kappa shape index (κ2) is 6.19. The van der Waals surface area contributed by atoms with E-state index >= 15 is 0 Å². The fraction of sp³-hybridized carbons (Fsp3) is 0.714. The molecular weight excluding hydrogens is 244 g/mol. The maximum atomic E-state index is 11.9. The molecule has 1 rings (SSSR count). The van der Waals surface area contributed by atoms with Crippen molar-refractivity contribution in [2.45, 2.75) is 52.6 Å². The number of amides is 1. The standard InChI is InChI=1S/C14H24N2O3/c1-6-10(4)14(5,18)8-15-13(17)11-7-12(9(2)3)19-16-11/h7,9-10,18H,6,8H2,1-5H3,(H,15,17). The molecule has 0 saturated heterocycles. The van der Waals surface area contributed by atoms with Crippen LogP contribution >= 0.6 is 0 Å². The normalized spacial score (nSPS) is 16.2. The molecule has 2 N–H and O–H groups in total. The number of aromatic nitrogens is 1. The van der Waals surface area contributed by atoms with E-state index in [0.717, 1.165) is 6.42 Å². The summed E-state index contributed by atoms with van der Waals surface area (Å²) in [4.78, 5) is 11.9. The molecule has 108 valence electrons. The molecular formula is C14H24N2O3. The molecule has 1 heterocycles. The first-order valence-corrected chi connectivity index (χ1v) is 6.75. The molecule has 1 aromatic rings. The second-order valence-electron chi connectivity index (χ2n) is 5.62. The molecule has 0 saturated carbocycles. The van der Waals surface area contributed by atoms with E-state index in [1.165, 1.54) is 0 Å². The van der Waals surface area contributed by atoms with Crippen LogP contribution in [0.1, 0.15) is 63.2 Å². The highest BCUT2D eigenvalue weighted by Gasteiger charge is 2.28. The Morgan fingerprint density at radius 3 is 2.63 bits per heavy atom. The second-order valence-corrected chi connectivity index (χ2v) is 5.62. The van der Waals surface area contributed by atoms with Crippen molar-refractivity contribution in [1.29, 1.82) is 0 Å². The molecule has 0 radical (unpaired) electrons. The van der Waals surface area contributed by atoms with E-state index in [4.69, 9.17) is 4.52 Å². The summed E-state index contributed by atoms with van der Waals surface area (Å²) in [5.74, 6) is 0.659. The lowest BCUT2D eigenvalue weighted by molar-refractivity contribution is 0.00584. The van der Waals surface area contributed by atoms with Gasteiger partial charge in [-0.2, -0.15) is 0 Å². The van der Waals surface area contributed by atoms with E-state index in [2.05, 4.69) is 10.5 Å². The van der Waals surface area contributed by atoms with E-state index in [9.17, 15) is 9.90 Å². The van der Waals surface area contributed by atoms with E-state index in [-0.39, 0.29) is 30.0 Å². The minimum absolute atomic E-state index is 0.108. The van der Waals surface area contributed by atoms with Gasteiger partial charge in [0.05, 0.1) is 5.60 Å². The number of carbonyl (C=O) groups excluding carboxylic acids is 1. The third kappa shape index (κ3) is 4.06. The number of rotatable bonds is 6. The predicted octanol–water partition coefficient (Wildman–Crippen LogP) is 2.32. The van der Waals surface area contributed by atoms with Crippen molar-refractivity contribution >= 4 is 5.91 Å². The minimum atomic E-state index is -0.922. The highest BCUT2D eigenvalue weighted by atomic mass is 16.5. The maximum Gasteiger partial charge on any atom is 0.273 e. The first-order chi connectivity index (χ1) is 8.77. The summed E-state index contributed by atoms with van der Waals surface area (Å²) in [6, 6.07) is 1.64. The monoisotopic (exact) mass is 268 g/mol. The first-order valence-electron chi connectivity index (χ1n) is 6.75. The van der Waals surface area contributed by atoms with Crippen molar-refractivity contribution < 1.29 is 14.4 Å². The fourth-order valence-electron chi connectivity index (χ4n) is 1.63. The van der Waals surface area contributed by atoms with Crippen molar-refractivity contribution in [2.24, 2.45) is 5.92 Å². The quantitative estimate of drug-likeness (QED) is 0.830. The lowest BCUT2D eigenvalue weighted by Gasteiger charge is -2.29. The Morgan fingerprint density at radius 2 is 2.16 bits per heavy atom. The third-order valence-electron chi connectivity index (χ3n) is 3.61. The average molecular weight is 268 g/mol. The Kier molecular flexibility index (Phi) is 5.11. The zero-order valence-corrected chi connectivity index (χ0v) is 12.4. The van der Waals surface area contributed by atoms with Crippen LogP contribution in [0.3, 0.4) is 0 Å². The number of aliphatic hydroxyl groups is 1. The van der Waals surface area contributed by atoms with Gasteiger partial charge < -0.3 is 14.9 Å². The Morgan fingerprint density at radius 1 is 1.53 bits per heavy atom. The van der Waals surface area contributed by atoms with Crippen LogP contribution in [0.5, 0.6) is 0 Å². The van der Waals surface area contributed by atoms with Crippen molar-refractivity contribution in [3.63, 3.8) is 0 Å². The average Bonchev–Trinajstić information content (AvgIpc) is 2.84. The predicted molar refractivity (Wildman–Crippen MR) is 73.0 cm³/mol. The number of nitrogens with one attached hydrogen (secondary N) is 1. The molecule has 0 fully saturated rings. The van der Waals surface area contributed by atoms with Crippen LogP contribution in [0.25, 0.3) is 0 Å². The maximum absolute atomic E-state index is 11.9. The Bertz CT molecular complexity index is 424. The topological polar surface area (TPSA) is 75.4 Å². The van der Waals surface area contributed by atoms with Gasteiger partial charge in [-0.3, -0.25) is 4.79 Å². The molecule has 2 unspecified atom stereocenters. The number of nitrogens with zero attached hydrogens (tertiary/aromatic N) is 1. The Balaban J connectivity index is 2.60. The van der Waals surface area contributed by atoms with Crippen LogP contribution in [0.2, 0.25) is 0 Å². The fourth-order valence-corrected chi connectivity index (χ4v) is 1.63. The minimum Gasteiger partial charge on any atom is -0.388 e. The van der Waals surface area contributed by atoms with Crippen LogP contribution in [-0.4, -0.2) is 28.3 Å². The van der Waals surface area contributed by atoms with Crippen LogP contribution in [0, 0.1) is 5.92 Å². The van der Waals surface area contributed by atoms with E-state index in [1.54, 1.807) is 13.0 Å². The van der Waals surface area contributed by atoms with Gasteiger partial charge in [0.25, 0.3) is 5.91 Å². The molecule has 1 aromatic heterocycles. The summed E-state index contributed by atoms with van der Waals surface area (Å²) in [6.07, 6.45) is 0.852. The highest BCUT2D eigenvalue weighted by Crippen LogP contribution is 2.19. The van der Waals surface area contributed by atoms with Gasteiger partial charge in [0.1, 0.15) is 5.76 Å². The molecule has 19 heavy (non-hydrogen) atoms. The van der Waals surface area contributed by atoms with Gasteiger partial charge in [0.15, 0.2) is 5.69 Å². The summed E-state index contributed by atoms with van der Waals surface area (Å²) in [6.45, 7) is 9.83. The lowest BCUT2D eigenvalue weighted by atomic mass is 9.88. The Labute approximate surface area is 114 Å². The number of carbonyl (C=O) groups is 1. The number of hydrogen-bond acceptors (Lipinski definition) is 4. The van der Waals surface area contributed by atoms with Crippen molar-refractivity contribution in [3.05, 3.63) is 17.5 Å². The van der Waals surface area contributed by atoms with Crippen LogP contribution in [0.4, 0.5) is 0 Å². The molecule has 0 aliphatic carbocycles. The molecule has 0 aliphatic heterocycles. The zero-order valence-electron chi connectivity index (χ0n) is 12.4. The molecule has 2 atom stereocenters. The molecule has 1 amide bonds. The Hall–Kier alpha value is -1.36. The van der Waals surface area contributed by atoms with Gasteiger partial charge in [-0.15, -0.1) is 0 Å². The van der Waals surface area contributed by atoms with Gasteiger partial charge >= 0.3 is 0 Å². The van der Waals surface area contributed by atoms with Crippen LogP contribution in [0.15, 0.2) is 10.6 Å². The number of hydrogen-bond donors (Lipinski definition) is 2. The summed E-state index contributed by atoms with van der Waals surface area (Å²) in [5, 5.41) is 16.6.